The van der Waals surface area contributed by atoms with Crippen LogP contribution in [-0.4, -0.2) is 5.78 Å². The molecule has 0 aliphatic heterocycles. The first-order valence-corrected chi connectivity index (χ1v) is 6.39. The number of carbonyl (C=O) groups excluding carboxylic acids is 1. The van der Waals surface area contributed by atoms with E-state index < -0.39 is 0 Å². The minimum Gasteiger partial charge on any atom is -0.294 e. The molecular formula is C16H18O. The number of Topliss-reactive ketones (excluding diaryl/α,β-unsaturated/α-hetero) is 1. The number of fused-ring (bicyclic) bond motifs is 2. The van der Waals surface area contributed by atoms with Gasteiger partial charge >= 0.3 is 0 Å². The molecule has 3 saturated carbocycles. The largest absolute Gasteiger partial charge is 0.294 e. The van der Waals surface area contributed by atoms with E-state index >= 15 is 0 Å². The van der Waals surface area contributed by atoms with E-state index in [-0.39, 0.29) is 11.3 Å². The van der Waals surface area contributed by atoms with Crippen molar-refractivity contribution in [3.8, 4) is 0 Å². The predicted octanol–water partition coefficient (Wildman–Crippen LogP) is 3.71. The molecule has 1 nitrogen and oxygen atoms in total. The Hall–Kier alpha value is -1.37. The molecule has 1 aromatic rings. The second-order valence-electron chi connectivity index (χ2n) is 5.96. The molecule has 0 radical (unpaired) electrons. The summed E-state index contributed by atoms with van der Waals surface area (Å²) in [5, 5.41) is 0. The molecule has 4 rings (SSSR count). The Balaban J connectivity index is 1.89. The number of benzene rings is 1. The van der Waals surface area contributed by atoms with Gasteiger partial charge in [0.15, 0.2) is 5.78 Å². The van der Waals surface area contributed by atoms with Gasteiger partial charge in [0.2, 0.25) is 0 Å². The summed E-state index contributed by atoms with van der Waals surface area (Å²) in [7, 11) is 0. The van der Waals surface area contributed by atoms with Crippen molar-refractivity contribution in [1.29, 1.82) is 0 Å². The molecule has 88 valence electrons. The van der Waals surface area contributed by atoms with Crippen LogP contribution >= 0.6 is 0 Å². The average molecular weight is 226 g/mol. The highest BCUT2D eigenvalue weighted by atomic mass is 16.1. The maximum atomic E-state index is 12.3. The lowest BCUT2D eigenvalue weighted by Gasteiger charge is -2.56. The maximum absolute atomic E-state index is 12.3. The lowest BCUT2D eigenvalue weighted by atomic mass is 9.47. The fourth-order valence-electron chi connectivity index (χ4n) is 3.28. The molecule has 0 N–H and O–H groups in total. The Labute approximate surface area is 103 Å². The van der Waals surface area contributed by atoms with Crippen LogP contribution in [0.5, 0.6) is 0 Å². The molecule has 0 aromatic heterocycles. The van der Waals surface area contributed by atoms with Gasteiger partial charge in [0.1, 0.15) is 0 Å². The molecule has 2 unspecified atom stereocenters. The van der Waals surface area contributed by atoms with Gasteiger partial charge in [-0.2, -0.15) is 0 Å². The molecule has 0 heterocycles. The fraction of sp³-hybridized carbons (Fsp3) is 0.438. The van der Waals surface area contributed by atoms with Crippen molar-refractivity contribution in [2.24, 2.45) is 17.3 Å². The van der Waals surface area contributed by atoms with Gasteiger partial charge in [0.05, 0.1) is 0 Å². The van der Waals surface area contributed by atoms with E-state index in [1.54, 1.807) is 0 Å². The first-order valence-electron chi connectivity index (χ1n) is 6.39. The van der Waals surface area contributed by atoms with Gasteiger partial charge in [-0.1, -0.05) is 44.2 Å². The van der Waals surface area contributed by atoms with Crippen molar-refractivity contribution < 1.29 is 4.79 Å². The summed E-state index contributed by atoms with van der Waals surface area (Å²) < 4.78 is 0. The third-order valence-corrected chi connectivity index (χ3v) is 4.71. The molecule has 2 bridgehead atoms. The van der Waals surface area contributed by atoms with Crippen LogP contribution < -0.4 is 0 Å². The molecule has 3 aliphatic rings. The van der Waals surface area contributed by atoms with Crippen molar-refractivity contribution in [1.82, 2.24) is 0 Å². The fourth-order valence-corrected chi connectivity index (χ4v) is 3.28. The lowest BCUT2D eigenvalue weighted by molar-refractivity contribution is -0.140. The summed E-state index contributed by atoms with van der Waals surface area (Å²) in [6, 6.07) is 10.2. The molecule has 3 fully saturated rings. The molecule has 2 atom stereocenters. The maximum Gasteiger partial charge on any atom is 0.162 e. The van der Waals surface area contributed by atoms with Gasteiger partial charge in [-0.3, -0.25) is 4.79 Å². The van der Waals surface area contributed by atoms with E-state index in [9.17, 15) is 4.79 Å². The van der Waals surface area contributed by atoms with Gasteiger partial charge in [-0.05, 0) is 41.4 Å². The second-order valence-corrected chi connectivity index (χ2v) is 5.96. The molecule has 3 aliphatic carbocycles. The van der Waals surface area contributed by atoms with Crippen LogP contribution in [0.15, 0.2) is 35.9 Å². The topological polar surface area (TPSA) is 17.1 Å². The van der Waals surface area contributed by atoms with Crippen LogP contribution in [0.1, 0.15) is 32.3 Å². The summed E-state index contributed by atoms with van der Waals surface area (Å²) in [6.07, 6.45) is 4.16. The molecular weight excluding hydrogens is 208 g/mol. The molecule has 0 spiro atoms. The van der Waals surface area contributed by atoms with Crippen LogP contribution in [-0.2, 0) is 4.79 Å². The van der Waals surface area contributed by atoms with Crippen molar-refractivity contribution in [2.45, 2.75) is 26.7 Å². The number of hydrogen-bond donors (Lipinski definition) is 0. The van der Waals surface area contributed by atoms with E-state index in [1.165, 1.54) is 0 Å². The standard InChI is InChI=1S/C16H18O/c1-16(2)13-9-12(15(17)14(16)10-13)8-11-6-4-3-5-7-11/h3-8,13-14H,9-10H2,1-2H3. The lowest BCUT2D eigenvalue weighted by Crippen LogP contribution is -2.53. The zero-order chi connectivity index (χ0) is 12.0. The van der Waals surface area contributed by atoms with Crippen LogP contribution in [0.25, 0.3) is 6.08 Å². The monoisotopic (exact) mass is 226 g/mol. The van der Waals surface area contributed by atoms with E-state index in [2.05, 4.69) is 32.1 Å². The highest BCUT2D eigenvalue weighted by Crippen LogP contribution is 2.59. The van der Waals surface area contributed by atoms with Gasteiger partial charge in [0.25, 0.3) is 0 Å². The summed E-state index contributed by atoms with van der Waals surface area (Å²) in [6.45, 7) is 4.48. The van der Waals surface area contributed by atoms with Crippen molar-refractivity contribution in [3.63, 3.8) is 0 Å². The molecule has 0 amide bonds. The molecule has 0 saturated heterocycles. The second kappa shape index (κ2) is 3.56. The first kappa shape index (κ1) is 10.8. The number of ketones is 1. The number of allylic oxidation sites excluding steroid dienone is 1. The van der Waals surface area contributed by atoms with Gasteiger partial charge in [-0.25, -0.2) is 0 Å². The van der Waals surface area contributed by atoms with Gasteiger partial charge in [-0.15, -0.1) is 0 Å². The van der Waals surface area contributed by atoms with Gasteiger partial charge < -0.3 is 0 Å². The SMILES string of the molecule is CC1(C)C2CC(=Cc3ccccc3)C(=O)C1C2. The minimum absolute atomic E-state index is 0.241. The summed E-state index contributed by atoms with van der Waals surface area (Å²) in [5.74, 6) is 1.37. The molecule has 1 heteroatoms. The normalized spacial score (nSPS) is 32.4. The Morgan fingerprint density at radius 3 is 2.53 bits per heavy atom. The molecule has 17 heavy (non-hydrogen) atoms. The number of hydrogen-bond acceptors (Lipinski definition) is 1. The summed E-state index contributed by atoms with van der Waals surface area (Å²) in [5.41, 5.74) is 2.43. The van der Waals surface area contributed by atoms with Crippen molar-refractivity contribution >= 4 is 11.9 Å². The zero-order valence-corrected chi connectivity index (χ0v) is 10.4. The summed E-state index contributed by atoms with van der Waals surface area (Å²) in [4.78, 5) is 12.3. The number of rotatable bonds is 1. The summed E-state index contributed by atoms with van der Waals surface area (Å²) >= 11 is 0. The highest BCUT2D eigenvalue weighted by Gasteiger charge is 2.55. The van der Waals surface area contributed by atoms with Crippen LogP contribution in [0.3, 0.4) is 0 Å². The Morgan fingerprint density at radius 1 is 1.24 bits per heavy atom. The zero-order valence-electron chi connectivity index (χ0n) is 10.4. The minimum atomic E-state index is 0.241. The smallest absolute Gasteiger partial charge is 0.162 e. The van der Waals surface area contributed by atoms with Crippen LogP contribution in [0, 0.1) is 17.3 Å². The van der Waals surface area contributed by atoms with Crippen LogP contribution in [0.2, 0.25) is 0 Å². The van der Waals surface area contributed by atoms with Crippen LogP contribution in [0.4, 0.5) is 0 Å². The highest BCUT2D eigenvalue weighted by molar-refractivity contribution is 6.03. The Kier molecular flexibility index (Phi) is 2.25. The Bertz CT molecular complexity index is 482. The van der Waals surface area contributed by atoms with E-state index in [4.69, 9.17) is 0 Å². The first-order chi connectivity index (χ1) is 8.09. The third kappa shape index (κ3) is 1.56. The van der Waals surface area contributed by atoms with E-state index in [0.29, 0.717) is 11.7 Å². The third-order valence-electron chi connectivity index (χ3n) is 4.71. The van der Waals surface area contributed by atoms with Gasteiger partial charge in [0, 0.05) is 5.92 Å². The Morgan fingerprint density at radius 2 is 1.94 bits per heavy atom. The van der Waals surface area contributed by atoms with Crippen molar-refractivity contribution in [3.05, 3.63) is 41.5 Å². The number of carbonyl (C=O) groups is 1. The van der Waals surface area contributed by atoms with Crippen molar-refractivity contribution in [2.75, 3.05) is 0 Å². The molecule has 1 aromatic carbocycles. The van der Waals surface area contributed by atoms with E-state index in [1.807, 2.05) is 18.2 Å². The predicted molar refractivity (Wildman–Crippen MR) is 69.4 cm³/mol. The average Bonchev–Trinajstić information content (AvgIpc) is 2.32. The quantitative estimate of drug-likeness (QED) is 0.667. The van der Waals surface area contributed by atoms with E-state index in [0.717, 1.165) is 24.0 Å².